The van der Waals surface area contributed by atoms with Crippen molar-refractivity contribution in [3.8, 4) is 16.9 Å². The van der Waals surface area contributed by atoms with Gasteiger partial charge in [0.2, 0.25) is 5.82 Å². The van der Waals surface area contributed by atoms with Gasteiger partial charge in [-0.3, -0.25) is 0 Å². The Kier molecular flexibility index (Phi) is 10.6. The van der Waals surface area contributed by atoms with Crippen molar-refractivity contribution in [1.29, 1.82) is 0 Å². The first-order valence-corrected chi connectivity index (χ1v) is 12.6. The second-order valence-corrected chi connectivity index (χ2v) is 8.98. The van der Waals surface area contributed by atoms with E-state index in [2.05, 4.69) is 13.8 Å². The third-order valence-electron chi connectivity index (χ3n) is 6.23. The van der Waals surface area contributed by atoms with E-state index in [-0.39, 0.29) is 11.3 Å². The van der Waals surface area contributed by atoms with E-state index < -0.39 is 17.9 Å². The predicted octanol–water partition coefficient (Wildman–Crippen LogP) is 8.22. The molecule has 1 heterocycles. The van der Waals surface area contributed by atoms with Crippen molar-refractivity contribution in [1.82, 2.24) is 0 Å². The average molecular weight is 461 g/mol. The lowest BCUT2D eigenvalue weighted by atomic mass is 10.0. The van der Waals surface area contributed by atoms with Crippen LogP contribution in [0.1, 0.15) is 83.5 Å². The van der Waals surface area contributed by atoms with E-state index in [9.17, 15) is 8.78 Å². The highest BCUT2D eigenvalue weighted by Crippen LogP contribution is 2.32. The minimum Gasteiger partial charge on any atom is -0.490 e. The van der Waals surface area contributed by atoms with Crippen molar-refractivity contribution in [3.05, 3.63) is 53.6 Å². The molecule has 33 heavy (non-hydrogen) atoms. The fraction of sp³-hybridized carbons (Fsp3) is 0.571. The molecule has 3 rings (SSSR count). The number of halogens is 2. The molecule has 0 amide bonds. The normalized spacial score (nSPS) is 18.4. The van der Waals surface area contributed by atoms with Crippen LogP contribution >= 0.6 is 0 Å². The highest BCUT2D eigenvalue weighted by Gasteiger charge is 2.23. The first-order chi connectivity index (χ1) is 16.1. The van der Waals surface area contributed by atoms with E-state index in [0.717, 1.165) is 31.2 Å². The van der Waals surface area contributed by atoms with Gasteiger partial charge in [-0.2, -0.15) is 4.39 Å². The molecule has 0 saturated carbocycles. The van der Waals surface area contributed by atoms with Gasteiger partial charge < -0.3 is 14.2 Å². The van der Waals surface area contributed by atoms with Crippen molar-refractivity contribution in [2.75, 3.05) is 19.8 Å². The quantitative estimate of drug-likeness (QED) is 0.282. The predicted molar refractivity (Wildman–Crippen MR) is 128 cm³/mol. The second kappa shape index (κ2) is 13.7. The minimum atomic E-state index is -0.937. The van der Waals surface area contributed by atoms with Crippen LogP contribution in [0.25, 0.3) is 11.1 Å². The molecule has 0 radical (unpaired) electrons. The number of benzene rings is 2. The SMILES string of the molecule is CCCCCCCC1COC(c2ccc(-c3ccc(OCCCCC)c(F)c3F)cc2)OC1. The summed E-state index contributed by atoms with van der Waals surface area (Å²) in [5, 5.41) is 0. The van der Waals surface area contributed by atoms with Gasteiger partial charge in [-0.05, 0) is 30.5 Å². The van der Waals surface area contributed by atoms with Crippen LogP contribution in [-0.2, 0) is 9.47 Å². The van der Waals surface area contributed by atoms with Gasteiger partial charge in [0.15, 0.2) is 17.9 Å². The van der Waals surface area contributed by atoms with Crippen molar-refractivity contribution in [3.63, 3.8) is 0 Å². The number of rotatable bonds is 13. The molecule has 0 unspecified atom stereocenters. The van der Waals surface area contributed by atoms with E-state index >= 15 is 0 Å². The van der Waals surface area contributed by atoms with Crippen LogP contribution in [0.4, 0.5) is 8.78 Å². The molecular formula is C28H38F2O3. The Morgan fingerprint density at radius 3 is 2.15 bits per heavy atom. The lowest BCUT2D eigenvalue weighted by Crippen LogP contribution is -2.27. The van der Waals surface area contributed by atoms with Crippen LogP contribution in [0.2, 0.25) is 0 Å². The van der Waals surface area contributed by atoms with E-state index in [0.29, 0.717) is 31.3 Å². The summed E-state index contributed by atoms with van der Waals surface area (Å²) in [6.07, 6.45) is 9.98. The number of hydrogen-bond donors (Lipinski definition) is 0. The molecule has 0 N–H and O–H groups in total. The van der Waals surface area contributed by atoms with Gasteiger partial charge in [0.25, 0.3) is 0 Å². The van der Waals surface area contributed by atoms with E-state index in [1.807, 2.05) is 12.1 Å². The van der Waals surface area contributed by atoms with Crippen molar-refractivity contribution < 1.29 is 23.0 Å². The van der Waals surface area contributed by atoms with Crippen LogP contribution in [0.3, 0.4) is 0 Å². The molecule has 1 fully saturated rings. The first-order valence-electron chi connectivity index (χ1n) is 12.6. The van der Waals surface area contributed by atoms with Crippen LogP contribution < -0.4 is 4.74 Å². The standard InChI is InChI=1S/C28H38F2O3/c1-3-5-7-8-9-11-21-19-32-28(33-20-21)23-14-12-22(13-15-23)24-16-17-25(27(30)26(24)29)31-18-10-6-4-2/h12-17,21,28H,3-11,18-20H2,1-2H3. The molecule has 5 heteroatoms. The molecule has 0 aromatic heterocycles. The van der Waals surface area contributed by atoms with Crippen LogP contribution in [0.15, 0.2) is 36.4 Å². The molecule has 3 nitrogen and oxygen atoms in total. The molecule has 0 atom stereocenters. The summed E-state index contributed by atoms with van der Waals surface area (Å²) in [6.45, 7) is 6.09. The summed E-state index contributed by atoms with van der Waals surface area (Å²) in [5.41, 5.74) is 1.71. The number of unbranched alkanes of at least 4 members (excludes halogenated alkanes) is 6. The Labute approximate surface area is 197 Å². The number of hydrogen-bond acceptors (Lipinski definition) is 3. The molecule has 1 aliphatic rings. The summed E-state index contributed by atoms with van der Waals surface area (Å²) >= 11 is 0. The molecular weight excluding hydrogens is 422 g/mol. The van der Waals surface area contributed by atoms with Gasteiger partial charge in [-0.25, -0.2) is 4.39 Å². The zero-order chi connectivity index (χ0) is 23.5. The number of ether oxygens (including phenoxy) is 3. The molecule has 0 spiro atoms. The largest absolute Gasteiger partial charge is 0.490 e. The van der Waals surface area contributed by atoms with E-state index in [1.165, 1.54) is 38.2 Å². The Bertz CT molecular complexity index is 830. The monoisotopic (exact) mass is 460 g/mol. The van der Waals surface area contributed by atoms with Crippen LogP contribution in [0, 0.1) is 17.6 Å². The topological polar surface area (TPSA) is 27.7 Å². The zero-order valence-corrected chi connectivity index (χ0v) is 20.1. The molecule has 1 aliphatic heterocycles. The van der Waals surface area contributed by atoms with Gasteiger partial charge in [0.1, 0.15) is 0 Å². The second-order valence-electron chi connectivity index (χ2n) is 8.98. The maximum absolute atomic E-state index is 14.7. The maximum Gasteiger partial charge on any atom is 0.201 e. The summed E-state index contributed by atoms with van der Waals surface area (Å²) in [4.78, 5) is 0. The van der Waals surface area contributed by atoms with E-state index in [1.54, 1.807) is 18.2 Å². The zero-order valence-electron chi connectivity index (χ0n) is 20.1. The fourth-order valence-corrected chi connectivity index (χ4v) is 4.16. The Hall–Kier alpha value is -1.98. The van der Waals surface area contributed by atoms with Gasteiger partial charge in [0, 0.05) is 17.0 Å². The van der Waals surface area contributed by atoms with Crippen molar-refractivity contribution in [2.45, 2.75) is 77.9 Å². The Morgan fingerprint density at radius 1 is 0.788 bits per heavy atom. The minimum absolute atomic E-state index is 0.0344. The first kappa shape index (κ1) is 25.6. The molecule has 0 aliphatic carbocycles. The van der Waals surface area contributed by atoms with Gasteiger partial charge in [-0.15, -0.1) is 0 Å². The summed E-state index contributed by atoms with van der Waals surface area (Å²) in [7, 11) is 0. The van der Waals surface area contributed by atoms with Gasteiger partial charge >= 0.3 is 0 Å². The summed E-state index contributed by atoms with van der Waals surface area (Å²) in [5.74, 6) is -1.41. The fourth-order valence-electron chi connectivity index (χ4n) is 4.16. The van der Waals surface area contributed by atoms with E-state index in [4.69, 9.17) is 14.2 Å². The highest BCUT2D eigenvalue weighted by atomic mass is 19.2. The van der Waals surface area contributed by atoms with Crippen molar-refractivity contribution in [2.24, 2.45) is 5.92 Å². The van der Waals surface area contributed by atoms with Crippen LogP contribution in [-0.4, -0.2) is 19.8 Å². The van der Waals surface area contributed by atoms with Crippen molar-refractivity contribution >= 4 is 0 Å². The third-order valence-corrected chi connectivity index (χ3v) is 6.23. The lowest BCUT2D eigenvalue weighted by Gasteiger charge is -2.29. The summed E-state index contributed by atoms with van der Waals surface area (Å²) in [6, 6.07) is 10.4. The summed E-state index contributed by atoms with van der Waals surface area (Å²) < 4.78 is 46.5. The van der Waals surface area contributed by atoms with Gasteiger partial charge in [-0.1, -0.05) is 83.1 Å². The molecule has 2 aromatic carbocycles. The Morgan fingerprint density at radius 2 is 1.45 bits per heavy atom. The maximum atomic E-state index is 14.7. The smallest absolute Gasteiger partial charge is 0.201 e. The molecule has 182 valence electrons. The Balaban J connectivity index is 1.52. The average Bonchev–Trinajstić information content (AvgIpc) is 2.85. The van der Waals surface area contributed by atoms with Gasteiger partial charge in [0.05, 0.1) is 19.8 Å². The molecule has 0 bridgehead atoms. The van der Waals surface area contributed by atoms with Crippen LogP contribution in [0.5, 0.6) is 5.75 Å². The highest BCUT2D eigenvalue weighted by molar-refractivity contribution is 5.65. The molecule has 1 saturated heterocycles. The molecule has 2 aromatic rings. The lowest BCUT2D eigenvalue weighted by molar-refractivity contribution is -0.206. The third kappa shape index (κ3) is 7.51.